The first-order chi connectivity index (χ1) is 8.29. The number of aromatic amines is 1. The monoisotopic (exact) mass is 233 g/mol. The summed E-state index contributed by atoms with van der Waals surface area (Å²) in [5, 5.41) is 0.785. The Kier molecular flexibility index (Phi) is 2.18. The molecule has 0 aliphatic carbocycles. The van der Waals surface area contributed by atoms with Crippen molar-refractivity contribution in [2.75, 3.05) is 13.4 Å². The zero-order valence-electron chi connectivity index (χ0n) is 9.28. The Labute approximate surface area is 97.3 Å². The summed E-state index contributed by atoms with van der Waals surface area (Å²) < 4.78 is 15.5. The molecule has 5 nitrogen and oxygen atoms in total. The fraction of sp³-hybridized carbons (Fsp3) is 0.250. The molecule has 0 atom stereocenters. The van der Waals surface area contributed by atoms with Crippen molar-refractivity contribution in [1.82, 2.24) is 4.98 Å². The number of H-pyrrole nitrogens is 1. The average Bonchev–Trinajstić information content (AvgIpc) is 2.91. The van der Waals surface area contributed by atoms with Crippen molar-refractivity contribution in [3.8, 4) is 11.5 Å². The van der Waals surface area contributed by atoms with Gasteiger partial charge in [-0.25, -0.2) is 4.79 Å². The molecule has 0 spiro atoms. The van der Waals surface area contributed by atoms with Gasteiger partial charge in [-0.15, -0.1) is 0 Å². The largest absolute Gasteiger partial charge is 0.462 e. The number of fused-ring (bicyclic) bond motifs is 2. The zero-order valence-corrected chi connectivity index (χ0v) is 9.28. The molecular weight excluding hydrogens is 222 g/mol. The molecular formula is C12H11NO4. The minimum atomic E-state index is -0.336. The Morgan fingerprint density at radius 2 is 2.18 bits per heavy atom. The molecule has 0 saturated carbocycles. The minimum absolute atomic E-state index is 0.219. The van der Waals surface area contributed by atoms with Gasteiger partial charge in [0.15, 0.2) is 11.5 Å². The second kappa shape index (κ2) is 3.69. The highest BCUT2D eigenvalue weighted by Crippen LogP contribution is 2.36. The molecule has 0 radical (unpaired) electrons. The quantitative estimate of drug-likeness (QED) is 0.806. The van der Waals surface area contributed by atoms with Crippen LogP contribution in [-0.4, -0.2) is 24.4 Å². The lowest BCUT2D eigenvalue weighted by molar-refractivity contribution is 0.0529. The number of aromatic nitrogens is 1. The minimum Gasteiger partial charge on any atom is -0.462 e. The third kappa shape index (κ3) is 1.51. The second-order valence-corrected chi connectivity index (χ2v) is 3.67. The molecule has 0 saturated heterocycles. The number of ether oxygens (including phenoxy) is 3. The topological polar surface area (TPSA) is 60.6 Å². The molecule has 2 aromatic rings. The van der Waals surface area contributed by atoms with E-state index in [2.05, 4.69) is 4.98 Å². The van der Waals surface area contributed by atoms with Crippen LogP contribution >= 0.6 is 0 Å². The summed E-state index contributed by atoms with van der Waals surface area (Å²) >= 11 is 0. The van der Waals surface area contributed by atoms with Crippen LogP contribution in [0.25, 0.3) is 10.9 Å². The van der Waals surface area contributed by atoms with Crippen molar-refractivity contribution in [3.05, 3.63) is 23.9 Å². The Morgan fingerprint density at radius 1 is 1.41 bits per heavy atom. The van der Waals surface area contributed by atoms with Crippen LogP contribution in [0.2, 0.25) is 0 Å². The fourth-order valence-electron chi connectivity index (χ4n) is 1.89. The van der Waals surface area contributed by atoms with E-state index in [0.717, 1.165) is 10.9 Å². The fourth-order valence-corrected chi connectivity index (χ4v) is 1.89. The number of hydrogen-bond acceptors (Lipinski definition) is 4. The van der Waals surface area contributed by atoms with Gasteiger partial charge in [0, 0.05) is 17.6 Å². The van der Waals surface area contributed by atoms with Gasteiger partial charge >= 0.3 is 5.97 Å². The maximum atomic E-state index is 11.7. The summed E-state index contributed by atoms with van der Waals surface area (Å²) in [6, 6.07) is 3.61. The summed E-state index contributed by atoms with van der Waals surface area (Å²) in [7, 11) is 0. The SMILES string of the molecule is CCOC(=O)c1c[nH]c2cc3c(cc12)OCO3. The third-order valence-corrected chi connectivity index (χ3v) is 2.67. The van der Waals surface area contributed by atoms with Crippen LogP contribution in [0.3, 0.4) is 0 Å². The molecule has 0 fully saturated rings. The van der Waals surface area contributed by atoms with Crippen molar-refractivity contribution < 1.29 is 19.0 Å². The lowest BCUT2D eigenvalue weighted by Crippen LogP contribution is -2.03. The molecule has 1 aromatic heterocycles. The lowest BCUT2D eigenvalue weighted by Gasteiger charge is -2.00. The van der Waals surface area contributed by atoms with Crippen LogP contribution < -0.4 is 9.47 Å². The van der Waals surface area contributed by atoms with E-state index < -0.39 is 0 Å². The highest BCUT2D eigenvalue weighted by atomic mass is 16.7. The van der Waals surface area contributed by atoms with Gasteiger partial charge < -0.3 is 19.2 Å². The smallest absolute Gasteiger partial charge is 0.340 e. The number of benzene rings is 1. The van der Waals surface area contributed by atoms with Gasteiger partial charge in [-0.05, 0) is 13.0 Å². The first-order valence-corrected chi connectivity index (χ1v) is 5.37. The van der Waals surface area contributed by atoms with Gasteiger partial charge in [-0.3, -0.25) is 0 Å². The van der Waals surface area contributed by atoms with E-state index in [-0.39, 0.29) is 12.8 Å². The van der Waals surface area contributed by atoms with E-state index in [0.29, 0.717) is 23.7 Å². The van der Waals surface area contributed by atoms with Gasteiger partial charge in [-0.1, -0.05) is 0 Å². The van der Waals surface area contributed by atoms with Crippen LogP contribution in [0.4, 0.5) is 0 Å². The Balaban J connectivity index is 2.12. The van der Waals surface area contributed by atoms with Crippen molar-refractivity contribution >= 4 is 16.9 Å². The van der Waals surface area contributed by atoms with Gasteiger partial charge in [0.2, 0.25) is 6.79 Å². The Bertz CT molecular complexity index is 587. The summed E-state index contributed by atoms with van der Waals surface area (Å²) in [5.74, 6) is 1.01. The van der Waals surface area contributed by atoms with Crippen molar-refractivity contribution in [2.24, 2.45) is 0 Å². The van der Waals surface area contributed by atoms with Gasteiger partial charge in [0.1, 0.15) is 0 Å². The van der Waals surface area contributed by atoms with Crippen molar-refractivity contribution in [2.45, 2.75) is 6.92 Å². The van der Waals surface area contributed by atoms with Crippen LogP contribution in [0, 0.1) is 0 Å². The molecule has 88 valence electrons. The lowest BCUT2D eigenvalue weighted by atomic mass is 10.1. The van der Waals surface area contributed by atoms with Crippen molar-refractivity contribution in [3.63, 3.8) is 0 Å². The molecule has 1 aliphatic heterocycles. The summed E-state index contributed by atoms with van der Waals surface area (Å²) in [4.78, 5) is 14.7. The van der Waals surface area contributed by atoms with E-state index in [1.165, 1.54) is 0 Å². The van der Waals surface area contributed by atoms with E-state index in [1.807, 2.05) is 6.07 Å². The van der Waals surface area contributed by atoms with E-state index in [9.17, 15) is 4.79 Å². The normalized spacial score (nSPS) is 13.0. The number of hydrogen-bond donors (Lipinski definition) is 1. The summed E-state index contributed by atoms with van der Waals surface area (Å²) in [6.07, 6.45) is 1.64. The number of esters is 1. The predicted octanol–water partition coefficient (Wildman–Crippen LogP) is 2.07. The molecule has 0 amide bonds. The number of rotatable bonds is 2. The van der Waals surface area contributed by atoms with Crippen LogP contribution in [0.5, 0.6) is 11.5 Å². The molecule has 0 unspecified atom stereocenters. The summed E-state index contributed by atoms with van der Waals surface area (Å²) in [5.41, 5.74) is 1.34. The Hall–Kier alpha value is -2.17. The van der Waals surface area contributed by atoms with Gasteiger partial charge in [-0.2, -0.15) is 0 Å². The summed E-state index contributed by atoms with van der Waals surface area (Å²) in [6.45, 7) is 2.36. The third-order valence-electron chi connectivity index (χ3n) is 2.67. The van der Waals surface area contributed by atoms with E-state index in [1.54, 1.807) is 19.2 Å². The molecule has 17 heavy (non-hydrogen) atoms. The first kappa shape index (κ1) is 10.0. The number of carbonyl (C=O) groups excluding carboxylic acids is 1. The average molecular weight is 233 g/mol. The van der Waals surface area contributed by atoms with Crippen molar-refractivity contribution in [1.29, 1.82) is 0 Å². The van der Waals surface area contributed by atoms with Crippen LogP contribution in [0.1, 0.15) is 17.3 Å². The number of carbonyl (C=O) groups is 1. The van der Waals surface area contributed by atoms with E-state index >= 15 is 0 Å². The second-order valence-electron chi connectivity index (χ2n) is 3.67. The van der Waals surface area contributed by atoms with Crippen LogP contribution in [-0.2, 0) is 4.74 Å². The molecule has 5 heteroatoms. The van der Waals surface area contributed by atoms with Crippen LogP contribution in [0.15, 0.2) is 18.3 Å². The molecule has 2 heterocycles. The molecule has 0 bridgehead atoms. The molecule has 1 aliphatic rings. The van der Waals surface area contributed by atoms with E-state index in [4.69, 9.17) is 14.2 Å². The number of nitrogens with one attached hydrogen (secondary N) is 1. The predicted molar refractivity (Wildman–Crippen MR) is 60.4 cm³/mol. The molecule has 3 rings (SSSR count). The van der Waals surface area contributed by atoms with Gasteiger partial charge in [0.05, 0.1) is 17.7 Å². The van der Waals surface area contributed by atoms with Gasteiger partial charge in [0.25, 0.3) is 0 Å². The molecule has 1 aromatic carbocycles. The Morgan fingerprint density at radius 3 is 2.94 bits per heavy atom. The molecule has 1 N–H and O–H groups in total. The first-order valence-electron chi connectivity index (χ1n) is 5.37. The highest BCUT2D eigenvalue weighted by molar-refractivity contribution is 6.05. The maximum Gasteiger partial charge on any atom is 0.340 e. The highest BCUT2D eigenvalue weighted by Gasteiger charge is 2.19. The standard InChI is InChI=1S/C12H11NO4/c1-2-15-12(14)8-5-13-9-4-11-10(3-7(8)9)16-6-17-11/h3-5,13H,2,6H2,1H3. The maximum absolute atomic E-state index is 11.7. The zero-order chi connectivity index (χ0) is 11.8.